The van der Waals surface area contributed by atoms with Crippen LogP contribution in [0.2, 0.25) is 0 Å². The van der Waals surface area contributed by atoms with Crippen LogP contribution in [-0.4, -0.2) is 30.9 Å². The average molecular weight is 310 g/mol. The molecule has 3 aromatic rings. The van der Waals surface area contributed by atoms with Crippen molar-refractivity contribution >= 4 is 0 Å². The molecule has 0 aromatic carbocycles. The van der Waals surface area contributed by atoms with Gasteiger partial charge in [0.2, 0.25) is 0 Å². The van der Waals surface area contributed by atoms with E-state index in [4.69, 9.17) is 0 Å². The maximum absolute atomic E-state index is 4.58. The minimum absolute atomic E-state index is 0.533. The molecular weight excluding hydrogens is 288 g/mol. The van der Waals surface area contributed by atoms with E-state index in [0.29, 0.717) is 5.92 Å². The van der Waals surface area contributed by atoms with Crippen LogP contribution in [0.25, 0.3) is 11.3 Å². The first-order chi connectivity index (χ1) is 11.2. The van der Waals surface area contributed by atoms with Crippen LogP contribution in [0.3, 0.4) is 0 Å². The topological polar surface area (TPSA) is 60.6 Å². The Morgan fingerprint density at radius 3 is 2.74 bits per heavy atom. The summed E-state index contributed by atoms with van der Waals surface area (Å²) in [6.07, 6.45) is 11.3. The zero-order valence-electron chi connectivity index (χ0n) is 13.6. The van der Waals surface area contributed by atoms with E-state index >= 15 is 0 Å². The molecule has 3 aromatic heterocycles. The summed E-state index contributed by atoms with van der Waals surface area (Å²) in [5, 5.41) is 8.11. The predicted octanol–water partition coefficient (Wildman–Crippen LogP) is 2.10. The van der Waals surface area contributed by atoms with Gasteiger partial charge in [0.15, 0.2) is 0 Å². The van der Waals surface area contributed by atoms with Crippen LogP contribution < -0.4 is 5.32 Å². The Hall–Kier alpha value is -2.47. The van der Waals surface area contributed by atoms with E-state index < -0.39 is 0 Å². The van der Waals surface area contributed by atoms with Gasteiger partial charge in [-0.25, -0.2) is 4.98 Å². The lowest BCUT2D eigenvalue weighted by molar-refractivity contribution is 0.445. The Kier molecular flexibility index (Phi) is 4.83. The molecule has 0 saturated heterocycles. The summed E-state index contributed by atoms with van der Waals surface area (Å²) in [6, 6.07) is 3.99. The zero-order chi connectivity index (χ0) is 16.1. The average Bonchev–Trinajstić information content (AvgIpc) is 3.18. The van der Waals surface area contributed by atoms with Crippen molar-refractivity contribution in [1.82, 2.24) is 29.6 Å². The number of nitrogens with one attached hydrogen (secondary N) is 1. The van der Waals surface area contributed by atoms with Crippen molar-refractivity contribution in [2.45, 2.75) is 20.0 Å². The summed E-state index contributed by atoms with van der Waals surface area (Å²) in [7, 11) is 1.95. The van der Waals surface area contributed by atoms with E-state index in [0.717, 1.165) is 30.9 Å². The fourth-order valence-electron chi connectivity index (χ4n) is 2.69. The van der Waals surface area contributed by atoms with Crippen molar-refractivity contribution < 1.29 is 0 Å². The molecule has 6 nitrogen and oxygen atoms in total. The molecular formula is C17H22N6. The fraction of sp³-hybridized carbons (Fsp3) is 0.353. The first-order valence-electron chi connectivity index (χ1n) is 7.81. The molecule has 3 rings (SSSR count). The molecule has 3 heterocycles. The second-order valence-electron chi connectivity index (χ2n) is 5.91. The van der Waals surface area contributed by atoms with E-state index in [9.17, 15) is 0 Å². The Morgan fingerprint density at radius 2 is 2.00 bits per heavy atom. The molecule has 0 aliphatic rings. The maximum atomic E-state index is 4.58. The molecule has 0 bridgehead atoms. The Balaban J connectivity index is 1.58. The summed E-state index contributed by atoms with van der Waals surface area (Å²) in [6.45, 7) is 4.96. The normalized spacial score (nSPS) is 12.4. The first kappa shape index (κ1) is 15.4. The summed E-state index contributed by atoms with van der Waals surface area (Å²) < 4.78 is 3.97. The van der Waals surface area contributed by atoms with Crippen molar-refractivity contribution in [1.29, 1.82) is 0 Å². The number of hydrogen-bond acceptors (Lipinski definition) is 4. The lowest BCUT2D eigenvalue weighted by atomic mass is 10.1. The van der Waals surface area contributed by atoms with Crippen LogP contribution in [-0.2, 0) is 20.1 Å². The molecule has 0 fully saturated rings. The number of nitrogens with zero attached hydrogens (tertiary/aromatic N) is 5. The van der Waals surface area contributed by atoms with Gasteiger partial charge in [-0.3, -0.25) is 9.67 Å². The number of pyridine rings is 1. The summed E-state index contributed by atoms with van der Waals surface area (Å²) in [5.41, 5.74) is 3.32. The van der Waals surface area contributed by atoms with Crippen LogP contribution >= 0.6 is 0 Å². The van der Waals surface area contributed by atoms with Crippen molar-refractivity contribution in [2.75, 3.05) is 6.54 Å². The fourth-order valence-corrected chi connectivity index (χ4v) is 2.69. The molecule has 0 aliphatic carbocycles. The monoisotopic (exact) mass is 310 g/mol. The van der Waals surface area contributed by atoms with E-state index in [1.807, 2.05) is 42.6 Å². The Bertz CT molecular complexity index is 717. The highest BCUT2D eigenvalue weighted by atomic mass is 15.3. The second-order valence-corrected chi connectivity index (χ2v) is 5.91. The summed E-state index contributed by atoms with van der Waals surface area (Å²) >= 11 is 0. The van der Waals surface area contributed by atoms with Crippen molar-refractivity contribution in [2.24, 2.45) is 13.0 Å². The van der Waals surface area contributed by atoms with Gasteiger partial charge in [0.25, 0.3) is 0 Å². The van der Waals surface area contributed by atoms with E-state index in [2.05, 4.69) is 38.1 Å². The molecule has 1 unspecified atom stereocenters. The maximum Gasteiger partial charge on any atom is 0.0969 e. The predicted molar refractivity (Wildman–Crippen MR) is 89.5 cm³/mol. The van der Waals surface area contributed by atoms with Crippen molar-refractivity contribution in [3.63, 3.8) is 0 Å². The SMILES string of the molecule is CC(CNCc1cn(C)nc1-c1ccncc1)Cn1ccnc1. The van der Waals surface area contributed by atoms with Gasteiger partial charge in [0, 0.05) is 62.2 Å². The van der Waals surface area contributed by atoms with E-state index in [-0.39, 0.29) is 0 Å². The summed E-state index contributed by atoms with van der Waals surface area (Å²) in [4.78, 5) is 8.15. The highest BCUT2D eigenvalue weighted by Gasteiger charge is 2.10. The number of aryl methyl sites for hydroxylation is 1. The minimum Gasteiger partial charge on any atom is -0.337 e. The molecule has 0 radical (unpaired) electrons. The highest BCUT2D eigenvalue weighted by Crippen LogP contribution is 2.20. The van der Waals surface area contributed by atoms with Crippen LogP contribution in [0.15, 0.2) is 49.4 Å². The lowest BCUT2D eigenvalue weighted by Gasteiger charge is -2.13. The number of rotatable bonds is 7. The van der Waals surface area contributed by atoms with Crippen molar-refractivity contribution in [3.8, 4) is 11.3 Å². The third-order valence-corrected chi connectivity index (χ3v) is 3.75. The quantitative estimate of drug-likeness (QED) is 0.726. The Morgan fingerprint density at radius 1 is 1.17 bits per heavy atom. The van der Waals surface area contributed by atoms with Crippen molar-refractivity contribution in [3.05, 3.63) is 55.0 Å². The number of aromatic nitrogens is 5. The molecule has 0 aliphatic heterocycles. The number of hydrogen-bond donors (Lipinski definition) is 1. The minimum atomic E-state index is 0.533. The van der Waals surface area contributed by atoms with Gasteiger partial charge in [0.1, 0.15) is 0 Å². The smallest absolute Gasteiger partial charge is 0.0969 e. The lowest BCUT2D eigenvalue weighted by Crippen LogP contribution is -2.23. The van der Waals surface area contributed by atoms with Gasteiger partial charge in [-0.2, -0.15) is 5.10 Å². The zero-order valence-corrected chi connectivity index (χ0v) is 13.6. The largest absolute Gasteiger partial charge is 0.337 e. The van der Waals surface area contributed by atoms with Gasteiger partial charge in [-0.15, -0.1) is 0 Å². The second kappa shape index (κ2) is 7.19. The standard InChI is InChI=1S/C17H22N6/c1-14(11-23-8-7-19-13-23)9-20-10-16-12-22(2)21-17(16)15-3-5-18-6-4-15/h3-8,12-14,20H,9-11H2,1-2H3. The van der Waals surface area contributed by atoms with Gasteiger partial charge in [-0.1, -0.05) is 6.92 Å². The molecule has 0 amide bonds. The van der Waals surface area contributed by atoms with Gasteiger partial charge < -0.3 is 9.88 Å². The van der Waals surface area contributed by atoms with Crippen LogP contribution in [0.5, 0.6) is 0 Å². The first-order valence-corrected chi connectivity index (χ1v) is 7.81. The molecule has 0 saturated carbocycles. The van der Waals surface area contributed by atoms with Crippen LogP contribution in [0.1, 0.15) is 12.5 Å². The molecule has 23 heavy (non-hydrogen) atoms. The van der Waals surface area contributed by atoms with Crippen LogP contribution in [0, 0.1) is 5.92 Å². The summed E-state index contributed by atoms with van der Waals surface area (Å²) in [5.74, 6) is 0.533. The molecule has 0 spiro atoms. The highest BCUT2D eigenvalue weighted by molar-refractivity contribution is 5.61. The van der Waals surface area contributed by atoms with Crippen LogP contribution in [0.4, 0.5) is 0 Å². The Labute approximate surface area is 136 Å². The number of imidazole rings is 1. The molecule has 1 N–H and O–H groups in total. The molecule has 1 atom stereocenters. The molecule has 6 heteroatoms. The third kappa shape index (κ3) is 4.04. The van der Waals surface area contributed by atoms with Gasteiger partial charge in [0.05, 0.1) is 12.0 Å². The van der Waals surface area contributed by atoms with Gasteiger partial charge >= 0.3 is 0 Å². The molecule has 120 valence electrons. The van der Waals surface area contributed by atoms with E-state index in [1.54, 1.807) is 12.4 Å². The van der Waals surface area contributed by atoms with Gasteiger partial charge in [-0.05, 0) is 24.6 Å². The van der Waals surface area contributed by atoms with E-state index in [1.165, 1.54) is 5.56 Å². The third-order valence-electron chi connectivity index (χ3n) is 3.75.